The SMILES string of the molecule is CNC(CN)CC(C)=O.CNCC(N)C(C)=O.CNCC(N)CC(C)=O. The number of rotatable bonds is 11. The highest BCUT2D eigenvalue weighted by molar-refractivity contribution is 5.81. The molecule has 156 valence electrons. The van der Waals surface area contributed by atoms with E-state index in [1.807, 2.05) is 7.05 Å². The molecule has 3 unspecified atom stereocenters. The lowest BCUT2D eigenvalue weighted by Crippen LogP contribution is -2.37. The van der Waals surface area contributed by atoms with E-state index in [4.69, 9.17) is 17.2 Å². The van der Waals surface area contributed by atoms with Crippen LogP contribution in [0.3, 0.4) is 0 Å². The molecule has 0 saturated heterocycles. The first kappa shape index (κ1) is 29.5. The molecule has 0 spiro atoms. The average Bonchev–Trinajstić information content (AvgIpc) is 2.53. The highest BCUT2D eigenvalue weighted by Gasteiger charge is 2.05. The number of hydrogen-bond acceptors (Lipinski definition) is 9. The second-order valence-corrected chi connectivity index (χ2v) is 6.13. The number of nitrogens with one attached hydrogen (secondary N) is 3. The molecule has 0 aliphatic carbocycles. The van der Waals surface area contributed by atoms with Gasteiger partial charge in [-0.1, -0.05) is 0 Å². The Morgan fingerprint density at radius 1 is 0.846 bits per heavy atom. The summed E-state index contributed by atoms with van der Waals surface area (Å²) in [5, 5.41) is 8.64. The number of ketones is 3. The number of nitrogens with two attached hydrogens (primary N) is 3. The number of carbonyl (C=O) groups is 3. The topological polar surface area (TPSA) is 165 Å². The summed E-state index contributed by atoms with van der Waals surface area (Å²) in [6, 6.07) is -0.199. The van der Waals surface area contributed by atoms with Gasteiger partial charge in [0.05, 0.1) is 6.04 Å². The molecule has 0 aliphatic rings. The zero-order valence-corrected chi connectivity index (χ0v) is 17.2. The highest BCUT2D eigenvalue weighted by Crippen LogP contribution is 1.88. The lowest BCUT2D eigenvalue weighted by Gasteiger charge is -2.09. The monoisotopic (exact) mass is 376 g/mol. The predicted octanol–water partition coefficient (Wildman–Crippen LogP) is -1.85. The van der Waals surface area contributed by atoms with Crippen LogP contribution in [0.5, 0.6) is 0 Å². The van der Waals surface area contributed by atoms with Gasteiger partial charge in [-0.3, -0.25) is 14.4 Å². The molecular weight excluding hydrogens is 336 g/mol. The Kier molecular flexibility index (Phi) is 22.8. The minimum absolute atomic E-state index is 0.0208. The quantitative estimate of drug-likeness (QED) is 0.242. The molecule has 0 bridgehead atoms. The fourth-order valence-corrected chi connectivity index (χ4v) is 1.72. The fourth-order valence-electron chi connectivity index (χ4n) is 1.72. The minimum atomic E-state index is -0.333. The van der Waals surface area contributed by atoms with Crippen LogP contribution in [0.1, 0.15) is 33.6 Å². The van der Waals surface area contributed by atoms with Crippen molar-refractivity contribution in [2.45, 2.75) is 51.7 Å². The zero-order chi connectivity index (χ0) is 21.1. The van der Waals surface area contributed by atoms with E-state index in [0.717, 1.165) is 0 Å². The third kappa shape index (κ3) is 25.0. The van der Waals surface area contributed by atoms with Gasteiger partial charge in [-0.2, -0.15) is 0 Å². The Morgan fingerprint density at radius 3 is 1.50 bits per heavy atom. The van der Waals surface area contributed by atoms with E-state index in [0.29, 0.717) is 32.5 Å². The first-order chi connectivity index (χ1) is 12.0. The maximum atomic E-state index is 10.5. The van der Waals surface area contributed by atoms with E-state index in [1.165, 1.54) is 6.92 Å². The average molecular weight is 377 g/mol. The number of Topliss-reactive ketones (excluding diaryl/α,β-unsaturated/α-hetero) is 3. The van der Waals surface area contributed by atoms with Gasteiger partial charge in [-0.25, -0.2) is 0 Å². The summed E-state index contributed by atoms with van der Waals surface area (Å²) in [7, 11) is 5.39. The van der Waals surface area contributed by atoms with E-state index >= 15 is 0 Å². The summed E-state index contributed by atoms with van der Waals surface area (Å²) < 4.78 is 0. The maximum Gasteiger partial charge on any atom is 0.147 e. The van der Waals surface area contributed by atoms with Gasteiger partial charge in [-0.05, 0) is 41.9 Å². The van der Waals surface area contributed by atoms with Crippen LogP contribution in [0.15, 0.2) is 0 Å². The Morgan fingerprint density at radius 2 is 1.31 bits per heavy atom. The van der Waals surface area contributed by atoms with Crippen molar-refractivity contribution in [2.24, 2.45) is 17.2 Å². The van der Waals surface area contributed by atoms with Gasteiger partial charge in [-0.15, -0.1) is 0 Å². The molecule has 0 aromatic carbocycles. The van der Waals surface area contributed by atoms with Crippen LogP contribution in [0.25, 0.3) is 0 Å². The van der Waals surface area contributed by atoms with Crippen LogP contribution < -0.4 is 33.2 Å². The van der Waals surface area contributed by atoms with Gasteiger partial charge in [0.15, 0.2) is 0 Å². The van der Waals surface area contributed by atoms with Crippen LogP contribution >= 0.6 is 0 Å². The van der Waals surface area contributed by atoms with Crippen LogP contribution in [-0.2, 0) is 14.4 Å². The molecule has 0 aromatic rings. The molecule has 0 rings (SSSR count). The van der Waals surface area contributed by atoms with Crippen molar-refractivity contribution in [3.8, 4) is 0 Å². The first-order valence-corrected chi connectivity index (χ1v) is 8.72. The standard InChI is InChI=1S/2C6H14N2O.C5H12N2O/c1-5(9)3-6(7)4-8-2;1-5(9)3-6(4-7)8-2;1-4(8)5(6)3-7-2/h2*6,8H,3-4,7H2,1-2H3;5,7H,3,6H2,1-2H3. The number of hydrogen-bond donors (Lipinski definition) is 6. The molecule has 0 heterocycles. The van der Waals surface area contributed by atoms with Gasteiger partial charge < -0.3 is 33.2 Å². The third-order valence-electron chi connectivity index (χ3n) is 3.19. The summed E-state index contributed by atoms with van der Waals surface area (Å²) in [6.07, 6.45) is 1.01. The van der Waals surface area contributed by atoms with Crippen molar-refractivity contribution < 1.29 is 14.4 Å². The smallest absolute Gasteiger partial charge is 0.147 e. The van der Waals surface area contributed by atoms with Crippen molar-refractivity contribution in [1.82, 2.24) is 16.0 Å². The predicted molar refractivity (Wildman–Crippen MR) is 107 cm³/mol. The number of carbonyl (C=O) groups excluding carboxylic acids is 3. The van der Waals surface area contributed by atoms with Crippen LogP contribution in [0, 0.1) is 0 Å². The second-order valence-electron chi connectivity index (χ2n) is 6.13. The fraction of sp³-hybridized carbons (Fsp3) is 0.824. The summed E-state index contributed by atoms with van der Waals surface area (Å²) in [5.74, 6) is 0.358. The Bertz CT molecular complexity index is 376. The molecule has 26 heavy (non-hydrogen) atoms. The largest absolute Gasteiger partial charge is 0.329 e. The molecule has 9 heteroatoms. The van der Waals surface area contributed by atoms with Crippen LogP contribution in [0.2, 0.25) is 0 Å². The Hall–Kier alpha value is -1.23. The van der Waals surface area contributed by atoms with Crippen molar-refractivity contribution >= 4 is 17.3 Å². The van der Waals surface area contributed by atoms with Crippen LogP contribution in [0.4, 0.5) is 0 Å². The van der Waals surface area contributed by atoms with Gasteiger partial charge in [0, 0.05) is 44.6 Å². The van der Waals surface area contributed by atoms with E-state index in [1.54, 1.807) is 27.9 Å². The molecule has 0 fully saturated rings. The van der Waals surface area contributed by atoms with E-state index in [2.05, 4.69) is 16.0 Å². The summed E-state index contributed by atoms with van der Waals surface area (Å²) >= 11 is 0. The maximum absolute atomic E-state index is 10.5. The van der Waals surface area contributed by atoms with Gasteiger partial charge >= 0.3 is 0 Å². The molecule has 0 amide bonds. The van der Waals surface area contributed by atoms with E-state index < -0.39 is 0 Å². The number of likely N-dealkylation sites (N-methyl/N-ethyl adjacent to an activating group) is 3. The molecule has 0 aromatic heterocycles. The molecule has 0 radical (unpaired) electrons. The van der Waals surface area contributed by atoms with E-state index in [9.17, 15) is 14.4 Å². The molecule has 9 N–H and O–H groups in total. The molecule has 0 aliphatic heterocycles. The summed E-state index contributed by atoms with van der Waals surface area (Å²) in [5.41, 5.74) is 16.1. The van der Waals surface area contributed by atoms with Crippen molar-refractivity contribution in [3.63, 3.8) is 0 Å². The van der Waals surface area contributed by atoms with Gasteiger partial charge in [0.1, 0.15) is 17.3 Å². The lowest BCUT2D eigenvalue weighted by molar-refractivity contribution is -0.118. The lowest BCUT2D eigenvalue weighted by atomic mass is 10.1. The van der Waals surface area contributed by atoms with Gasteiger partial charge in [0.25, 0.3) is 0 Å². The minimum Gasteiger partial charge on any atom is -0.329 e. The summed E-state index contributed by atoms with van der Waals surface area (Å²) in [6.45, 7) is 6.41. The summed E-state index contributed by atoms with van der Waals surface area (Å²) in [4.78, 5) is 31.3. The highest BCUT2D eigenvalue weighted by atomic mass is 16.1. The van der Waals surface area contributed by atoms with Crippen molar-refractivity contribution in [1.29, 1.82) is 0 Å². The molecule has 0 saturated carbocycles. The van der Waals surface area contributed by atoms with E-state index in [-0.39, 0.29) is 35.5 Å². The molecule has 3 atom stereocenters. The van der Waals surface area contributed by atoms with Gasteiger partial charge in [0.2, 0.25) is 0 Å². The van der Waals surface area contributed by atoms with Crippen LogP contribution in [-0.4, -0.2) is 76.3 Å². The normalized spacial score (nSPS) is 13.3. The zero-order valence-electron chi connectivity index (χ0n) is 17.2. The Balaban J connectivity index is -0.000000306. The Labute approximate surface area is 158 Å². The van der Waals surface area contributed by atoms with Crippen molar-refractivity contribution in [3.05, 3.63) is 0 Å². The molecular formula is C17H40N6O3. The third-order valence-corrected chi connectivity index (χ3v) is 3.19. The first-order valence-electron chi connectivity index (χ1n) is 8.72. The second kappa shape index (κ2) is 20.1. The van der Waals surface area contributed by atoms with Crippen molar-refractivity contribution in [2.75, 3.05) is 40.8 Å². The molecule has 9 nitrogen and oxygen atoms in total.